The number of aldehydes is 1. The molecular formula is C5H25O28P9. The highest BCUT2D eigenvalue weighted by molar-refractivity contribution is 7.70. The Balaban J connectivity index is -0.000000256. The summed E-state index contributed by atoms with van der Waals surface area (Å²) >= 11 is 0. The van der Waals surface area contributed by atoms with Gasteiger partial charge in [0.1, 0.15) is 6.29 Å². The summed E-state index contributed by atoms with van der Waals surface area (Å²) in [5, 5.41) is 0. The van der Waals surface area contributed by atoms with Gasteiger partial charge in [-0.1, -0.05) is 0 Å². The van der Waals surface area contributed by atoms with Crippen molar-refractivity contribution in [3.05, 3.63) is 0 Å². The topological polar surface area (TPSA) is 469 Å². The zero-order chi connectivity index (χ0) is 35.4. The third-order valence-corrected chi connectivity index (χ3v) is 12.5. The van der Waals surface area contributed by atoms with Crippen LogP contribution in [0.15, 0.2) is 0 Å². The van der Waals surface area contributed by atoms with Gasteiger partial charge in [-0.05, 0) is 6.92 Å². The van der Waals surface area contributed by atoms with Crippen molar-refractivity contribution in [2.24, 2.45) is 0 Å². The van der Waals surface area contributed by atoms with Crippen molar-refractivity contribution >= 4 is 76.0 Å². The quantitative estimate of drug-likeness (QED) is 0.0930. The predicted octanol–water partition coefficient (Wildman–Crippen LogP) is 0.289. The van der Waals surface area contributed by atoms with Gasteiger partial charge in [-0.3, -0.25) is 13.7 Å². The molecule has 6 unspecified atom stereocenters. The van der Waals surface area contributed by atoms with Crippen LogP contribution in [0.2, 0.25) is 0 Å². The summed E-state index contributed by atoms with van der Waals surface area (Å²) in [5.74, 6) is 0. The first kappa shape index (κ1) is 49.9. The van der Waals surface area contributed by atoms with Crippen molar-refractivity contribution in [2.75, 3.05) is 20.0 Å². The van der Waals surface area contributed by atoms with Gasteiger partial charge in [0.15, 0.2) is 0 Å². The molecule has 0 aliphatic carbocycles. The Morgan fingerprint density at radius 1 is 0.381 bits per heavy atom. The average Bonchev–Trinajstić information content (AvgIpc) is 2.40. The molecule has 0 aliphatic heterocycles. The van der Waals surface area contributed by atoms with Gasteiger partial charge in [-0.15, -0.1) is 0 Å². The predicted molar refractivity (Wildman–Crippen MR) is 131 cm³/mol. The van der Waals surface area contributed by atoms with Gasteiger partial charge in [-0.25, -0.2) is 40.3 Å². The third kappa shape index (κ3) is 47.9. The lowest BCUT2D eigenvalue weighted by Crippen LogP contribution is -1.95. The van der Waals surface area contributed by atoms with Crippen LogP contribution in [0, 0.1) is 0 Å². The van der Waals surface area contributed by atoms with Gasteiger partial charge in [-0.2, -0.15) is 12.9 Å². The van der Waals surface area contributed by atoms with Crippen molar-refractivity contribution in [2.45, 2.75) is 6.92 Å². The Bertz CT molecular complexity index is 1180. The number of rotatable bonds is 12. The van der Waals surface area contributed by atoms with E-state index in [9.17, 15) is 41.1 Å². The molecule has 12 N–H and O–H groups in total. The lowest BCUT2D eigenvalue weighted by molar-refractivity contribution is -0.106. The maximum absolute atomic E-state index is 10.8. The molecular weight excluding hydrogens is 787 g/mol. The van der Waals surface area contributed by atoms with Crippen LogP contribution in [0.4, 0.5) is 0 Å². The lowest BCUT2D eigenvalue weighted by Gasteiger charge is -2.16. The van der Waals surface area contributed by atoms with Gasteiger partial charge >= 0.3 is 69.7 Å². The molecule has 0 heterocycles. The van der Waals surface area contributed by atoms with Crippen LogP contribution in [0.25, 0.3) is 0 Å². The summed E-state index contributed by atoms with van der Waals surface area (Å²) in [6.07, 6.45) is 0.750. The first-order chi connectivity index (χ1) is 17.7. The van der Waals surface area contributed by atoms with Gasteiger partial charge in [0, 0.05) is 20.0 Å². The Morgan fingerprint density at radius 3 is 0.690 bits per heavy atom. The average molecular weight is 812 g/mol. The summed E-state index contributed by atoms with van der Waals surface area (Å²) in [7, 11) is -44.9. The van der Waals surface area contributed by atoms with E-state index < -0.39 is 69.7 Å². The van der Waals surface area contributed by atoms with E-state index in [2.05, 4.69) is 25.9 Å². The molecule has 0 amide bonds. The molecule has 42 heavy (non-hydrogen) atoms. The number of phosphoric acid groups is 6. The second kappa shape index (κ2) is 18.4. The molecule has 0 bridgehead atoms. The largest absolute Gasteiger partial charge is 0.490 e. The van der Waals surface area contributed by atoms with Crippen LogP contribution in [0.3, 0.4) is 0 Å². The minimum Gasteiger partial charge on any atom is -0.324 e. The first-order valence-electron chi connectivity index (χ1n) is 8.39. The van der Waals surface area contributed by atoms with E-state index in [-0.39, 0.29) is 0 Å². The van der Waals surface area contributed by atoms with E-state index in [0.717, 1.165) is 6.29 Å². The number of hydrogen-bond acceptors (Lipinski definition) is 16. The second-order valence-electron chi connectivity index (χ2n) is 6.01. The lowest BCUT2D eigenvalue weighted by atomic mass is 11.0. The molecule has 0 aliphatic rings. The summed E-state index contributed by atoms with van der Waals surface area (Å²) in [5.41, 5.74) is 0. The smallest absolute Gasteiger partial charge is 0.324 e. The second-order valence-corrected chi connectivity index (χ2v) is 20.5. The molecule has 0 spiro atoms. The molecule has 28 nitrogen and oxygen atoms in total. The summed E-state index contributed by atoms with van der Waals surface area (Å²) in [6, 6.07) is 0. The van der Waals surface area contributed by atoms with Gasteiger partial charge < -0.3 is 63.5 Å². The molecule has 0 aromatic heterocycles. The van der Waals surface area contributed by atoms with Crippen LogP contribution in [0.5, 0.6) is 0 Å². The number of carbonyl (C=O) groups excluding carboxylic acids is 1. The maximum atomic E-state index is 10.8. The molecule has 0 aromatic rings. The van der Waals surface area contributed by atoms with E-state index in [1.165, 1.54) is 6.92 Å². The molecule has 0 saturated heterocycles. The third-order valence-electron chi connectivity index (χ3n) is 1.39. The molecule has 0 radical (unpaired) electrons. The fourth-order valence-corrected chi connectivity index (χ4v) is 10.0. The van der Waals surface area contributed by atoms with Crippen molar-refractivity contribution in [1.29, 1.82) is 0 Å². The van der Waals surface area contributed by atoms with E-state index in [0.29, 0.717) is 20.0 Å². The minimum atomic E-state index is -5.66. The Morgan fingerprint density at radius 2 is 0.548 bits per heavy atom. The SMILES string of the molecule is CC=O.CP(=O)(O)OP(=O)(O)O.CP(=O)(O)OP(=O)(O)OP(=O)(O)O.CP(=O)(O)OP(=O)(O)OP(=O)(O)OP(=O)(O)O. The van der Waals surface area contributed by atoms with Gasteiger partial charge in [0.2, 0.25) is 0 Å². The summed E-state index contributed by atoms with van der Waals surface area (Å²) in [4.78, 5) is 108. The number of carbonyl (C=O) groups is 1. The minimum absolute atomic E-state index is 0.464. The summed E-state index contributed by atoms with van der Waals surface area (Å²) < 4.78 is 113. The van der Waals surface area contributed by atoms with Crippen molar-refractivity contribution in [3.8, 4) is 0 Å². The molecule has 0 saturated carbocycles. The molecule has 0 aromatic carbocycles. The van der Waals surface area contributed by atoms with Crippen LogP contribution in [0.1, 0.15) is 6.92 Å². The highest BCUT2D eigenvalue weighted by Gasteiger charge is 2.43. The monoisotopic (exact) mass is 812 g/mol. The standard InChI is InChI=1S/C2H4O.CH8O12P4.CH7O9P3.CH6O6P2/c1-2-3;1-14(2,3)11-16(7,8)13-17(9,10)12-15(4,5)6;1-11(2,3)9-13(7,8)10-12(4,5)6;1-8(2,3)7-9(4,5)6/h2H,1H3;1H3,(H,2,3)(H,7,8)(H,9,10)(H2,4,5,6);1H3,(H,2,3)(H,7,8)(H2,4,5,6);1H3,(H,2,3)(H2,4,5,6). The Labute approximate surface area is 233 Å². The fraction of sp³-hybridized carbons (Fsp3) is 0.800. The molecule has 258 valence electrons. The maximum Gasteiger partial charge on any atom is 0.490 e. The molecule has 6 atom stereocenters. The fourth-order valence-electron chi connectivity index (χ4n) is 1.02. The Kier molecular flexibility index (Phi) is 21.8. The molecule has 0 fully saturated rings. The zero-order valence-corrected chi connectivity index (χ0v) is 28.6. The van der Waals surface area contributed by atoms with Gasteiger partial charge in [0.25, 0.3) is 0 Å². The highest BCUT2D eigenvalue weighted by atomic mass is 31.3. The van der Waals surface area contributed by atoms with Crippen molar-refractivity contribution < 1.29 is 130 Å². The summed E-state index contributed by atoms with van der Waals surface area (Å²) in [6.45, 7) is 3.15. The Hall–Kier alpha value is 1.02. The number of hydrogen-bond donors (Lipinski definition) is 12. The molecule has 0 rings (SSSR count). The van der Waals surface area contributed by atoms with Crippen molar-refractivity contribution in [1.82, 2.24) is 0 Å². The van der Waals surface area contributed by atoms with Crippen LogP contribution < -0.4 is 0 Å². The van der Waals surface area contributed by atoms with E-state index >= 15 is 0 Å². The van der Waals surface area contributed by atoms with Crippen LogP contribution in [-0.2, 0) is 71.7 Å². The first-order valence-corrected chi connectivity index (χ1v) is 23.5. The normalized spacial score (nSPS) is 20.7. The molecule has 37 heteroatoms. The van der Waals surface area contributed by atoms with E-state index in [1.807, 2.05) is 0 Å². The van der Waals surface area contributed by atoms with E-state index in [1.54, 1.807) is 0 Å². The van der Waals surface area contributed by atoms with Crippen LogP contribution >= 0.6 is 69.7 Å². The van der Waals surface area contributed by atoms with E-state index in [4.69, 9.17) is 63.5 Å². The van der Waals surface area contributed by atoms with Crippen molar-refractivity contribution in [3.63, 3.8) is 0 Å². The highest BCUT2D eigenvalue weighted by Crippen LogP contribution is 2.70. The van der Waals surface area contributed by atoms with Gasteiger partial charge in [0.05, 0.1) is 0 Å². The zero-order valence-electron chi connectivity index (χ0n) is 20.5. The van der Waals surface area contributed by atoms with Crippen LogP contribution in [-0.4, -0.2) is 85.0 Å².